The van der Waals surface area contributed by atoms with Crippen molar-refractivity contribution < 1.29 is 36.2 Å². The number of hydrogen-bond acceptors (Lipinski definition) is 4. The molecule has 3 aromatic carbocycles. The van der Waals surface area contributed by atoms with Crippen molar-refractivity contribution in [3.63, 3.8) is 0 Å². The summed E-state index contributed by atoms with van der Waals surface area (Å²) in [5, 5.41) is 10.1. The minimum absolute atomic E-state index is 0.221. The van der Waals surface area contributed by atoms with E-state index in [9.17, 15) is 31.4 Å². The highest BCUT2D eigenvalue weighted by Gasteiger charge is 2.45. The fourth-order valence-corrected chi connectivity index (χ4v) is 5.79. The van der Waals surface area contributed by atoms with Gasteiger partial charge in [-0.3, -0.25) is 0 Å². The molecule has 2 atom stereocenters. The number of nitrogens with zero attached hydrogens (tertiary/aromatic N) is 2. The quantitative estimate of drug-likeness (QED) is 0.343. The van der Waals surface area contributed by atoms with Crippen LogP contribution in [-0.4, -0.2) is 49.9 Å². The number of aliphatic hydroxyl groups excluding tert-OH is 1. The number of aliphatic hydroxyl groups is 1. The fourth-order valence-electron chi connectivity index (χ4n) is 5.79. The molecular formula is C29H28F6N2O2. The van der Waals surface area contributed by atoms with Crippen molar-refractivity contribution in [2.24, 2.45) is 0 Å². The molecule has 0 radical (unpaired) electrons. The van der Waals surface area contributed by atoms with Crippen molar-refractivity contribution in [3.8, 4) is 5.75 Å². The summed E-state index contributed by atoms with van der Waals surface area (Å²) in [5.41, 5.74) is 2.92. The molecule has 0 bridgehead atoms. The SMILES string of the molecule is OC1CCN(c2cccc(C3(Cc4cccc(OC(F)(F)F)c4)CN(CCC(F)(F)F)c4ccccc43)c2)C1. The molecule has 1 N–H and O–H groups in total. The predicted molar refractivity (Wildman–Crippen MR) is 136 cm³/mol. The summed E-state index contributed by atoms with van der Waals surface area (Å²) in [6, 6.07) is 20.7. The van der Waals surface area contributed by atoms with E-state index in [2.05, 4.69) is 9.64 Å². The molecule has 0 aliphatic carbocycles. The Morgan fingerprint density at radius 1 is 0.923 bits per heavy atom. The first-order chi connectivity index (χ1) is 18.4. The Hall–Kier alpha value is -3.40. The highest BCUT2D eigenvalue weighted by Crippen LogP contribution is 2.48. The summed E-state index contributed by atoms with van der Waals surface area (Å²) >= 11 is 0. The lowest BCUT2D eigenvalue weighted by Crippen LogP contribution is -2.38. The molecular weight excluding hydrogens is 522 g/mol. The summed E-state index contributed by atoms with van der Waals surface area (Å²) < 4.78 is 82.6. The summed E-state index contributed by atoms with van der Waals surface area (Å²) in [6.07, 6.45) is -9.73. The second kappa shape index (κ2) is 10.3. The van der Waals surface area contributed by atoms with Crippen LogP contribution in [0.2, 0.25) is 0 Å². The maximum absolute atomic E-state index is 13.2. The van der Waals surface area contributed by atoms with Crippen molar-refractivity contribution in [2.45, 2.75) is 43.3 Å². The van der Waals surface area contributed by atoms with Gasteiger partial charge < -0.3 is 19.6 Å². The van der Waals surface area contributed by atoms with Crippen LogP contribution in [0.25, 0.3) is 0 Å². The summed E-state index contributed by atoms with van der Waals surface area (Å²) in [4.78, 5) is 3.77. The summed E-state index contributed by atoms with van der Waals surface area (Å²) in [6.45, 7) is 1.13. The van der Waals surface area contributed by atoms with Crippen LogP contribution in [0.5, 0.6) is 5.75 Å². The van der Waals surface area contributed by atoms with E-state index in [-0.39, 0.29) is 25.3 Å². The van der Waals surface area contributed by atoms with Gasteiger partial charge in [0.15, 0.2) is 0 Å². The molecule has 0 spiro atoms. The fraction of sp³-hybridized carbons (Fsp3) is 0.379. The van der Waals surface area contributed by atoms with Gasteiger partial charge in [-0.2, -0.15) is 13.2 Å². The molecule has 4 nitrogen and oxygen atoms in total. The van der Waals surface area contributed by atoms with Crippen molar-refractivity contribution in [2.75, 3.05) is 36.0 Å². The highest BCUT2D eigenvalue weighted by atomic mass is 19.4. The zero-order valence-corrected chi connectivity index (χ0v) is 21.0. The van der Waals surface area contributed by atoms with Crippen LogP contribution in [0, 0.1) is 0 Å². The molecule has 2 heterocycles. The van der Waals surface area contributed by atoms with Gasteiger partial charge in [-0.05, 0) is 59.9 Å². The second-order valence-corrected chi connectivity index (χ2v) is 10.2. The number of hydrogen-bond donors (Lipinski definition) is 1. The van der Waals surface area contributed by atoms with E-state index in [1.807, 2.05) is 36.4 Å². The first-order valence-corrected chi connectivity index (χ1v) is 12.7. The Balaban J connectivity index is 1.59. The molecule has 1 saturated heterocycles. The molecule has 1 fully saturated rings. The Bertz CT molecular complexity index is 1310. The lowest BCUT2D eigenvalue weighted by molar-refractivity contribution is -0.274. The number of rotatable bonds is 7. The summed E-state index contributed by atoms with van der Waals surface area (Å²) in [5.74, 6) is -0.352. The standard InChI is InChI=1S/C29H28F6N2O2/c30-28(31,32)12-14-37-19-27(25-9-1-2-10-26(25)37,17-20-5-3-8-24(15-20)39-29(33,34)35)21-6-4-7-22(16-21)36-13-11-23(38)18-36/h1-10,15-16,23,38H,11-14,17-19H2. The smallest absolute Gasteiger partial charge is 0.406 e. The van der Waals surface area contributed by atoms with E-state index < -0.39 is 30.5 Å². The molecule has 2 aliphatic rings. The van der Waals surface area contributed by atoms with E-state index in [1.54, 1.807) is 23.1 Å². The number of anilines is 2. The molecule has 208 valence electrons. The van der Waals surface area contributed by atoms with Gasteiger partial charge in [0.05, 0.1) is 12.5 Å². The number of benzene rings is 3. The van der Waals surface area contributed by atoms with Crippen LogP contribution >= 0.6 is 0 Å². The van der Waals surface area contributed by atoms with E-state index in [1.165, 1.54) is 18.2 Å². The molecule has 0 aromatic heterocycles. The van der Waals surface area contributed by atoms with Gasteiger partial charge in [0.25, 0.3) is 0 Å². The molecule has 0 saturated carbocycles. The molecule has 2 aliphatic heterocycles. The molecule has 2 unspecified atom stereocenters. The Morgan fingerprint density at radius 3 is 2.41 bits per heavy atom. The first-order valence-electron chi connectivity index (χ1n) is 12.7. The Morgan fingerprint density at radius 2 is 1.69 bits per heavy atom. The summed E-state index contributed by atoms with van der Waals surface area (Å²) in [7, 11) is 0. The van der Waals surface area contributed by atoms with Gasteiger partial charge >= 0.3 is 12.5 Å². The number of halogens is 6. The van der Waals surface area contributed by atoms with E-state index >= 15 is 0 Å². The monoisotopic (exact) mass is 550 g/mol. The maximum Gasteiger partial charge on any atom is 0.573 e. The molecule has 0 amide bonds. The zero-order valence-electron chi connectivity index (χ0n) is 21.0. The first kappa shape index (κ1) is 27.2. The minimum Gasteiger partial charge on any atom is -0.406 e. The zero-order chi connectivity index (χ0) is 27.8. The second-order valence-electron chi connectivity index (χ2n) is 10.2. The number of β-amino-alcohol motifs (C(OH)–C–C–N with tert-alkyl or cyclic N) is 1. The molecule has 5 rings (SSSR count). The molecule has 3 aromatic rings. The Labute approximate surface area is 222 Å². The van der Waals surface area contributed by atoms with E-state index in [0.717, 1.165) is 16.8 Å². The van der Waals surface area contributed by atoms with E-state index in [4.69, 9.17) is 0 Å². The number of para-hydroxylation sites is 1. The van der Waals surface area contributed by atoms with Crippen LogP contribution in [0.4, 0.5) is 37.7 Å². The van der Waals surface area contributed by atoms with Gasteiger partial charge in [-0.25, -0.2) is 0 Å². The van der Waals surface area contributed by atoms with Crippen molar-refractivity contribution in [1.29, 1.82) is 0 Å². The van der Waals surface area contributed by atoms with Crippen LogP contribution in [0.1, 0.15) is 29.5 Å². The van der Waals surface area contributed by atoms with Gasteiger partial charge in [0.2, 0.25) is 0 Å². The van der Waals surface area contributed by atoms with Crippen LogP contribution in [0.15, 0.2) is 72.8 Å². The molecule has 39 heavy (non-hydrogen) atoms. The van der Waals surface area contributed by atoms with Gasteiger partial charge in [-0.15, -0.1) is 13.2 Å². The largest absolute Gasteiger partial charge is 0.573 e. The van der Waals surface area contributed by atoms with Crippen molar-refractivity contribution >= 4 is 11.4 Å². The minimum atomic E-state index is -4.85. The predicted octanol–water partition coefficient (Wildman–Crippen LogP) is 6.46. The van der Waals surface area contributed by atoms with Crippen LogP contribution in [0.3, 0.4) is 0 Å². The maximum atomic E-state index is 13.2. The third kappa shape index (κ3) is 6.11. The lowest BCUT2D eigenvalue weighted by Gasteiger charge is -2.33. The average molecular weight is 551 g/mol. The van der Waals surface area contributed by atoms with Crippen LogP contribution < -0.4 is 14.5 Å². The van der Waals surface area contributed by atoms with Crippen molar-refractivity contribution in [3.05, 3.63) is 89.5 Å². The highest BCUT2D eigenvalue weighted by molar-refractivity contribution is 5.68. The topological polar surface area (TPSA) is 35.9 Å². The average Bonchev–Trinajstić information content (AvgIpc) is 3.44. The van der Waals surface area contributed by atoms with Crippen molar-refractivity contribution in [1.82, 2.24) is 0 Å². The lowest BCUT2D eigenvalue weighted by atomic mass is 9.71. The van der Waals surface area contributed by atoms with Gasteiger partial charge in [0.1, 0.15) is 5.75 Å². The number of fused-ring (bicyclic) bond motifs is 1. The third-order valence-electron chi connectivity index (χ3n) is 7.45. The van der Waals surface area contributed by atoms with Gasteiger partial charge in [-0.1, -0.05) is 42.5 Å². The number of alkyl halides is 6. The number of ether oxygens (including phenoxy) is 1. The van der Waals surface area contributed by atoms with E-state index in [0.29, 0.717) is 30.8 Å². The Kier molecular flexibility index (Phi) is 7.17. The third-order valence-corrected chi connectivity index (χ3v) is 7.45. The van der Waals surface area contributed by atoms with Crippen LogP contribution in [-0.2, 0) is 11.8 Å². The normalized spacial score (nSPS) is 21.4. The van der Waals surface area contributed by atoms with Gasteiger partial charge in [0, 0.05) is 43.0 Å². The molecule has 10 heteroatoms.